The van der Waals surface area contributed by atoms with Crippen LogP contribution >= 0.6 is 12.2 Å². The second kappa shape index (κ2) is 4.40. The monoisotopic (exact) mass is 203 g/mol. The van der Waals surface area contributed by atoms with Crippen molar-refractivity contribution < 1.29 is 0 Å². The minimum absolute atomic E-state index is 0.0221. The first-order chi connectivity index (χ1) is 6.66. The fourth-order valence-corrected chi connectivity index (χ4v) is 1.17. The minimum atomic E-state index is 0.0221. The van der Waals surface area contributed by atoms with Gasteiger partial charge in [0.15, 0.2) is 0 Å². The Morgan fingerprint density at radius 3 is 2.21 bits per heavy atom. The zero-order valence-electron chi connectivity index (χ0n) is 7.40. The summed E-state index contributed by atoms with van der Waals surface area (Å²) in [6.07, 6.45) is 0. The van der Waals surface area contributed by atoms with E-state index in [1.807, 2.05) is 24.3 Å². The summed E-state index contributed by atoms with van der Waals surface area (Å²) in [7, 11) is 0. The zero-order chi connectivity index (χ0) is 10.6. The molecule has 3 nitrogen and oxygen atoms in total. The average Bonchev–Trinajstić information content (AvgIpc) is 2.19. The molecular weight excluding hydrogens is 194 g/mol. The first kappa shape index (κ1) is 10.2. The van der Waals surface area contributed by atoms with Gasteiger partial charge < -0.3 is 11.5 Å². The number of nitrogens with zero attached hydrogens (tertiary/aromatic N) is 1. The highest BCUT2D eigenvalue weighted by molar-refractivity contribution is 7.80. The summed E-state index contributed by atoms with van der Waals surface area (Å²) in [6.45, 7) is 0. The Kier molecular flexibility index (Phi) is 3.21. The smallest absolute Gasteiger partial charge is 0.116 e. The van der Waals surface area contributed by atoms with Gasteiger partial charge in [-0.3, -0.25) is 0 Å². The summed E-state index contributed by atoms with van der Waals surface area (Å²) in [5, 5.41) is 8.77. The number of hydrogen-bond donors (Lipinski definition) is 2. The van der Waals surface area contributed by atoms with Gasteiger partial charge in [-0.1, -0.05) is 42.5 Å². The second-order valence-electron chi connectivity index (χ2n) is 2.63. The molecule has 4 N–H and O–H groups in total. The molecule has 70 valence electrons. The highest BCUT2D eigenvalue weighted by Crippen LogP contribution is 2.12. The van der Waals surface area contributed by atoms with Crippen LogP contribution in [0.1, 0.15) is 5.56 Å². The van der Waals surface area contributed by atoms with E-state index in [1.165, 1.54) is 0 Å². The summed E-state index contributed by atoms with van der Waals surface area (Å²) >= 11 is 4.71. The first-order valence-electron chi connectivity index (χ1n) is 3.92. The number of benzene rings is 1. The van der Waals surface area contributed by atoms with Crippen molar-refractivity contribution in [3.8, 4) is 6.07 Å². The maximum atomic E-state index is 8.77. The Morgan fingerprint density at radius 2 is 1.79 bits per heavy atom. The summed E-state index contributed by atoms with van der Waals surface area (Å²) in [5.41, 5.74) is 12.3. The zero-order valence-corrected chi connectivity index (χ0v) is 8.21. The third kappa shape index (κ3) is 2.09. The molecule has 0 spiro atoms. The van der Waals surface area contributed by atoms with Crippen LogP contribution in [0.25, 0.3) is 5.70 Å². The predicted octanol–water partition coefficient (Wildman–Crippen LogP) is 1.17. The van der Waals surface area contributed by atoms with Crippen molar-refractivity contribution in [3.63, 3.8) is 0 Å². The molecule has 0 bridgehead atoms. The van der Waals surface area contributed by atoms with Gasteiger partial charge in [0, 0.05) is 0 Å². The van der Waals surface area contributed by atoms with Gasteiger partial charge in [0.2, 0.25) is 0 Å². The maximum Gasteiger partial charge on any atom is 0.116 e. The van der Waals surface area contributed by atoms with E-state index >= 15 is 0 Å². The van der Waals surface area contributed by atoms with Crippen molar-refractivity contribution >= 4 is 22.9 Å². The van der Waals surface area contributed by atoms with Gasteiger partial charge in [0.1, 0.15) is 16.6 Å². The molecule has 0 amide bonds. The molecule has 4 heteroatoms. The molecule has 0 aliphatic rings. The number of rotatable bonds is 2. The number of hydrogen-bond acceptors (Lipinski definition) is 3. The first-order valence-corrected chi connectivity index (χ1v) is 4.32. The molecular formula is C10H9N3S. The second-order valence-corrected chi connectivity index (χ2v) is 3.07. The van der Waals surface area contributed by atoms with E-state index in [4.69, 9.17) is 28.9 Å². The summed E-state index contributed by atoms with van der Waals surface area (Å²) < 4.78 is 0. The van der Waals surface area contributed by atoms with Crippen molar-refractivity contribution in [3.05, 3.63) is 41.5 Å². The lowest BCUT2D eigenvalue weighted by Crippen LogP contribution is -2.15. The third-order valence-corrected chi connectivity index (χ3v) is 1.92. The van der Waals surface area contributed by atoms with Gasteiger partial charge in [-0.25, -0.2) is 0 Å². The minimum Gasteiger partial charge on any atom is -0.397 e. The molecule has 0 aliphatic heterocycles. The van der Waals surface area contributed by atoms with E-state index in [2.05, 4.69) is 0 Å². The molecule has 1 aromatic rings. The standard InChI is InChI=1S/C10H9N3S/c11-6-8(10(13)14)9(12)7-4-2-1-3-5-7/h1-5H,12H2,(H2,13,14). The molecule has 0 saturated carbocycles. The van der Waals surface area contributed by atoms with Crippen molar-refractivity contribution in [2.45, 2.75) is 0 Å². The average molecular weight is 203 g/mol. The van der Waals surface area contributed by atoms with E-state index in [-0.39, 0.29) is 10.6 Å². The van der Waals surface area contributed by atoms with Crippen LogP contribution in [0.3, 0.4) is 0 Å². The van der Waals surface area contributed by atoms with Crippen LogP contribution in [0.15, 0.2) is 35.9 Å². The van der Waals surface area contributed by atoms with Gasteiger partial charge >= 0.3 is 0 Å². The van der Waals surface area contributed by atoms with Gasteiger partial charge in [-0.05, 0) is 5.56 Å². The molecule has 1 rings (SSSR count). The quantitative estimate of drug-likeness (QED) is 0.429. The van der Waals surface area contributed by atoms with E-state index in [0.29, 0.717) is 5.70 Å². The van der Waals surface area contributed by atoms with Gasteiger partial charge in [0.05, 0.1) is 5.70 Å². The van der Waals surface area contributed by atoms with E-state index < -0.39 is 0 Å². The van der Waals surface area contributed by atoms with Crippen LogP contribution in [0, 0.1) is 11.3 Å². The summed E-state index contributed by atoms with van der Waals surface area (Å²) in [4.78, 5) is 0.0221. The highest BCUT2D eigenvalue weighted by Gasteiger charge is 2.07. The Hall–Kier alpha value is -1.86. The van der Waals surface area contributed by atoms with Gasteiger partial charge in [-0.15, -0.1) is 0 Å². The Bertz CT molecular complexity index is 415. The molecule has 0 heterocycles. The normalized spacial score (nSPS) is 11.4. The fourth-order valence-electron chi connectivity index (χ4n) is 1.01. The van der Waals surface area contributed by atoms with E-state index in [1.54, 1.807) is 12.1 Å². The predicted molar refractivity (Wildman–Crippen MR) is 59.9 cm³/mol. The number of nitriles is 1. The maximum absolute atomic E-state index is 8.77. The molecule has 0 unspecified atom stereocenters. The lowest BCUT2D eigenvalue weighted by atomic mass is 10.1. The highest BCUT2D eigenvalue weighted by atomic mass is 32.1. The molecule has 0 aromatic heterocycles. The van der Waals surface area contributed by atoms with E-state index in [0.717, 1.165) is 5.56 Å². The van der Waals surface area contributed by atoms with Crippen molar-refractivity contribution in [1.29, 1.82) is 5.26 Å². The molecule has 1 aromatic carbocycles. The van der Waals surface area contributed by atoms with Gasteiger partial charge in [-0.2, -0.15) is 5.26 Å². The lowest BCUT2D eigenvalue weighted by Gasteiger charge is -2.03. The Balaban J connectivity index is 3.23. The lowest BCUT2D eigenvalue weighted by molar-refractivity contribution is 1.46. The fraction of sp³-hybridized carbons (Fsp3) is 0. The molecule has 0 radical (unpaired) electrons. The molecule has 0 aliphatic carbocycles. The molecule has 0 fully saturated rings. The molecule has 0 atom stereocenters. The molecule has 14 heavy (non-hydrogen) atoms. The van der Waals surface area contributed by atoms with Crippen LogP contribution in [0.4, 0.5) is 0 Å². The van der Waals surface area contributed by atoms with Crippen molar-refractivity contribution in [2.75, 3.05) is 0 Å². The van der Waals surface area contributed by atoms with Crippen molar-refractivity contribution in [2.24, 2.45) is 11.5 Å². The number of nitrogens with two attached hydrogens (primary N) is 2. The van der Waals surface area contributed by atoms with Gasteiger partial charge in [0.25, 0.3) is 0 Å². The van der Waals surface area contributed by atoms with Crippen LogP contribution in [-0.2, 0) is 0 Å². The Morgan fingerprint density at radius 1 is 1.21 bits per heavy atom. The van der Waals surface area contributed by atoms with Crippen LogP contribution in [0.2, 0.25) is 0 Å². The molecule has 0 saturated heterocycles. The summed E-state index contributed by atoms with van der Waals surface area (Å²) in [5.74, 6) is 0. The van der Waals surface area contributed by atoms with Crippen molar-refractivity contribution in [1.82, 2.24) is 0 Å². The largest absolute Gasteiger partial charge is 0.397 e. The third-order valence-electron chi connectivity index (χ3n) is 1.71. The SMILES string of the molecule is N#CC(C(N)=S)=C(N)c1ccccc1. The van der Waals surface area contributed by atoms with Crippen LogP contribution in [-0.4, -0.2) is 4.99 Å². The van der Waals surface area contributed by atoms with Crippen LogP contribution < -0.4 is 11.5 Å². The topological polar surface area (TPSA) is 75.8 Å². The van der Waals surface area contributed by atoms with Crippen LogP contribution in [0.5, 0.6) is 0 Å². The summed E-state index contributed by atoms with van der Waals surface area (Å²) in [6, 6.07) is 11.0. The number of thiocarbonyl (C=S) groups is 1. The Labute approximate surface area is 87.6 Å². The van der Waals surface area contributed by atoms with E-state index in [9.17, 15) is 0 Å².